The third-order valence-electron chi connectivity index (χ3n) is 5.82. The number of nitrogen functional groups attached to an aromatic ring is 1. The summed E-state index contributed by atoms with van der Waals surface area (Å²) in [5.41, 5.74) is 12.6. The van der Waals surface area contributed by atoms with Gasteiger partial charge in [0, 0.05) is 5.56 Å². The molecule has 0 amide bonds. The number of nitrogens with two attached hydrogens (primary N) is 1. The summed E-state index contributed by atoms with van der Waals surface area (Å²) in [6.45, 7) is 0.846. The van der Waals surface area contributed by atoms with Crippen molar-refractivity contribution in [1.29, 1.82) is 0 Å². The second-order valence-corrected chi connectivity index (χ2v) is 7.87. The lowest BCUT2D eigenvalue weighted by Crippen LogP contribution is -2.37. The quantitative estimate of drug-likeness (QED) is 0.308. The molecule has 5 rings (SSSR count). The molecule has 1 heterocycles. The van der Waals surface area contributed by atoms with Crippen molar-refractivity contribution in [2.45, 2.75) is 13.1 Å². The number of aromatic nitrogens is 2. The summed E-state index contributed by atoms with van der Waals surface area (Å²) in [4.78, 5) is 13.1. The van der Waals surface area contributed by atoms with E-state index in [1.807, 2.05) is 89.5 Å². The maximum absolute atomic E-state index is 13.1. The average molecular weight is 419 g/mol. The molecule has 0 fully saturated rings. The van der Waals surface area contributed by atoms with Crippen LogP contribution in [0.3, 0.4) is 0 Å². The van der Waals surface area contributed by atoms with Gasteiger partial charge in [-0.3, -0.25) is 10.5 Å². The number of para-hydroxylation sites is 2. The number of carbonyl (C=O) groups is 1. The second-order valence-electron chi connectivity index (χ2n) is 7.87. The van der Waals surface area contributed by atoms with Gasteiger partial charge < -0.3 is 0 Å². The summed E-state index contributed by atoms with van der Waals surface area (Å²) >= 11 is 0. The number of ketones is 1. The van der Waals surface area contributed by atoms with Crippen molar-refractivity contribution in [1.82, 2.24) is 4.57 Å². The highest BCUT2D eigenvalue weighted by molar-refractivity contribution is 5.97. The van der Waals surface area contributed by atoms with Crippen molar-refractivity contribution >= 4 is 22.8 Å². The Hall–Kier alpha value is -4.18. The maximum atomic E-state index is 13.1. The number of benzene rings is 4. The molecule has 0 atom stereocenters. The first kappa shape index (κ1) is 19.8. The van der Waals surface area contributed by atoms with Gasteiger partial charge in [0.2, 0.25) is 0 Å². The van der Waals surface area contributed by atoms with Crippen LogP contribution in [0.2, 0.25) is 0 Å². The number of nitrogens with zero attached hydrogens (tertiary/aromatic N) is 2. The van der Waals surface area contributed by atoms with Crippen LogP contribution in [0.15, 0.2) is 109 Å². The van der Waals surface area contributed by atoms with E-state index in [0.717, 1.165) is 27.7 Å². The molecule has 0 unspecified atom stereocenters. The van der Waals surface area contributed by atoms with E-state index in [9.17, 15) is 4.79 Å². The van der Waals surface area contributed by atoms with E-state index in [-0.39, 0.29) is 12.3 Å². The Labute approximate surface area is 187 Å². The normalized spacial score (nSPS) is 11.0. The maximum Gasteiger partial charge on any atom is 0.356 e. The molecule has 0 saturated heterocycles. The number of fused-ring (bicyclic) bond motifs is 1. The van der Waals surface area contributed by atoms with E-state index in [2.05, 4.69) is 28.8 Å². The van der Waals surface area contributed by atoms with Gasteiger partial charge in [0.05, 0.1) is 6.54 Å². The number of carbonyl (C=O) groups excluding carboxylic acids is 1. The largest absolute Gasteiger partial charge is 0.356 e. The van der Waals surface area contributed by atoms with Gasteiger partial charge in [-0.15, -0.1) is 0 Å². The van der Waals surface area contributed by atoms with Crippen molar-refractivity contribution in [2.75, 3.05) is 5.73 Å². The second kappa shape index (κ2) is 8.52. The number of Topliss-reactive ketones (excluding diaryl/α,β-unsaturated/α-hetero) is 1. The van der Waals surface area contributed by atoms with E-state index >= 15 is 0 Å². The molecule has 4 aromatic carbocycles. The Balaban J connectivity index is 1.45. The van der Waals surface area contributed by atoms with Gasteiger partial charge in [-0.25, -0.2) is 9.13 Å². The van der Waals surface area contributed by atoms with Gasteiger partial charge in [-0.1, -0.05) is 97.1 Å². The lowest BCUT2D eigenvalue weighted by molar-refractivity contribution is -0.648. The molecule has 0 saturated carbocycles. The van der Waals surface area contributed by atoms with Crippen LogP contribution in [0.25, 0.3) is 22.2 Å². The SMILES string of the molecule is Nc1n(CC(=O)c2ccc(-c3ccccc3)cc2)c2ccccc2[n+]1Cc1ccccc1. The van der Waals surface area contributed by atoms with Crippen LogP contribution in [0.1, 0.15) is 15.9 Å². The Morgan fingerprint density at radius 3 is 2.03 bits per heavy atom. The molecule has 0 radical (unpaired) electrons. The molecule has 32 heavy (non-hydrogen) atoms. The summed E-state index contributed by atoms with van der Waals surface area (Å²) in [7, 11) is 0. The predicted octanol–water partition coefficient (Wildman–Crippen LogP) is 5.11. The molecule has 0 aliphatic carbocycles. The number of rotatable bonds is 6. The monoisotopic (exact) mass is 418 g/mol. The minimum Gasteiger partial charge on any atom is -0.291 e. The summed E-state index contributed by atoms with van der Waals surface area (Å²) in [6.07, 6.45) is 0. The van der Waals surface area contributed by atoms with E-state index in [0.29, 0.717) is 18.1 Å². The molecule has 156 valence electrons. The first-order chi connectivity index (χ1) is 15.7. The van der Waals surface area contributed by atoms with Crippen LogP contribution in [-0.4, -0.2) is 10.4 Å². The molecule has 0 aliphatic heterocycles. The first-order valence-electron chi connectivity index (χ1n) is 10.7. The highest BCUT2D eigenvalue weighted by Gasteiger charge is 2.23. The Bertz CT molecular complexity index is 1370. The highest BCUT2D eigenvalue weighted by atomic mass is 16.1. The number of hydrogen-bond acceptors (Lipinski definition) is 2. The zero-order valence-corrected chi connectivity index (χ0v) is 17.7. The van der Waals surface area contributed by atoms with Gasteiger partial charge in [-0.05, 0) is 28.8 Å². The van der Waals surface area contributed by atoms with Crippen molar-refractivity contribution in [2.24, 2.45) is 0 Å². The van der Waals surface area contributed by atoms with Crippen molar-refractivity contribution in [3.8, 4) is 11.1 Å². The number of anilines is 1. The van der Waals surface area contributed by atoms with Crippen molar-refractivity contribution < 1.29 is 9.36 Å². The molecule has 0 spiro atoms. The van der Waals surface area contributed by atoms with E-state index < -0.39 is 0 Å². The Morgan fingerprint density at radius 1 is 0.719 bits per heavy atom. The summed E-state index contributed by atoms with van der Waals surface area (Å²) in [6, 6.07) is 36.2. The first-order valence-corrected chi connectivity index (χ1v) is 10.7. The topological polar surface area (TPSA) is 51.9 Å². The van der Waals surface area contributed by atoms with Crippen LogP contribution >= 0.6 is 0 Å². The van der Waals surface area contributed by atoms with Crippen LogP contribution in [-0.2, 0) is 13.1 Å². The summed E-state index contributed by atoms with van der Waals surface area (Å²) in [5, 5.41) is 0. The minimum atomic E-state index is 0.0314. The third kappa shape index (κ3) is 3.79. The summed E-state index contributed by atoms with van der Waals surface area (Å²) < 4.78 is 3.97. The molecule has 2 N–H and O–H groups in total. The van der Waals surface area contributed by atoms with E-state index in [4.69, 9.17) is 5.73 Å². The molecule has 1 aromatic heterocycles. The third-order valence-corrected chi connectivity index (χ3v) is 5.82. The van der Waals surface area contributed by atoms with Crippen molar-refractivity contribution in [3.05, 3.63) is 120 Å². The lowest BCUT2D eigenvalue weighted by atomic mass is 10.0. The van der Waals surface area contributed by atoms with Gasteiger partial charge in [0.25, 0.3) is 0 Å². The van der Waals surface area contributed by atoms with E-state index in [1.165, 1.54) is 0 Å². The fourth-order valence-electron chi connectivity index (χ4n) is 4.13. The van der Waals surface area contributed by atoms with Crippen molar-refractivity contribution in [3.63, 3.8) is 0 Å². The molecular weight excluding hydrogens is 394 g/mol. The van der Waals surface area contributed by atoms with Gasteiger partial charge >= 0.3 is 5.95 Å². The molecule has 5 aromatic rings. The molecular formula is C28H24N3O+. The van der Waals surface area contributed by atoms with Crippen LogP contribution in [0, 0.1) is 0 Å². The lowest BCUT2D eigenvalue weighted by Gasteiger charge is -2.05. The van der Waals surface area contributed by atoms with Crippen LogP contribution < -0.4 is 10.3 Å². The molecule has 0 aliphatic rings. The molecule has 4 nitrogen and oxygen atoms in total. The average Bonchev–Trinajstić information content (AvgIpc) is 3.11. The summed E-state index contributed by atoms with van der Waals surface area (Å²) in [5.74, 6) is 0.605. The van der Waals surface area contributed by atoms with Gasteiger partial charge in [0.15, 0.2) is 5.78 Å². The fourth-order valence-corrected chi connectivity index (χ4v) is 4.13. The standard InChI is InChI=1S/C28H23N3O/c29-28-30(19-21-9-3-1-4-10-21)25-13-7-8-14-26(25)31(28)20-27(32)24-17-15-23(16-18-24)22-11-5-2-6-12-22/h1-18,29H,19-20H2/p+1. The highest BCUT2D eigenvalue weighted by Crippen LogP contribution is 2.21. The number of hydrogen-bond donors (Lipinski definition) is 1. The Morgan fingerprint density at radius 2 is 1.31 bits per heavy atom. The Kier molecular flexibility index (Phi) is 5.26. The van der Waals surface area contributed by atoms with Gasteiger partial charge in [0.1, 0.15) is 17.6 Å². The van der Waals surface area contributed by atoms with Gasteiger partial charge in [-0.2, -0.15) is 0 Å². The zero-order chi connectivity index (χ0) is 21.9. The molecule has 0 bridgehead atoms. The zero-order valence-electron chi connectivity index (χ0n) is 17.7. The van der Waals surface area contributed by atoms with Crippen LogP contribution in [0.4, 0.5) is 5.95 Å². The predicted molar refractivity (Wildman–Crippen MR) is 128 cm³/mol. The van der Waals surface area contributed by atoms with E-state index in [1.54, 1.807) is 0 Å². The number of imidazole rings is 1. The minimum absolute atomic E-state index is 0.0314. The van der Waals surface area contributed by atoms with Crippen LogP contribution in [0.5, 0.6) is 0 Å². The smallest absolute Gasteiger partial charge is 0.291 e. The fraction of sp³-hybridized carbons (Fsp3) is 0.0714. The molecule has 4 heteroatoms.